The third kappa shape index (κ3) is 6.69. The third-order valence-corrected chi connectivity index (χ3v) is 5.32. The van der Waals surface area contributed by atoms with E-state index in [2.05, 4.69) is 18.7 Å². The summed E-state index contributed by atoms with van der Waals surface area (Å²) in [6, 6.07) is 0. The van der Waals surface area contributed by atoms with Crippen molar-refractivity contribution in [3.63, 3.8) is 0 Å². The molecule has 1 rings (SSSR count). The van der Waals surface area contributed by atoms with Crippen molar-refractivity contribution in [2.75, 3.05) is 19.6 Å². The van der Waals surface area contributed by atoms with Crippen LogP contribution in [0.15, 0.2) is 0 Å². The standard InChI is InChI=1S/C19H40N2/c1-3-16-21(17-4-2)19(18-20)14-12-10-8-6-5-7-9-11-13-15-19/h3-18,20H2,1-2H3. The zero-order valence-corrected chi connectivity index (χ0v) is 14.8. The molecule has 0 amide bonds. The van der Waals surface area contributed by atoms with Gasteiger partial charge in [0.2, 0.25) is 0 Å². The van der Waals surface area contributed by atoms with Gasteiger partial charge in [0.1, 0.15) is 0 Å². The van der Waals surface area contributed by atoms with Crippen LogP contribution in [0.1, 0.15) is 97.3 Å². The fourth-order valence-electron chi connectivity index (χ4n) is 4.05. The zero-order valence-electron chi connectivity index (χ0n) is 14.8. The van der Waals surface area contributed by atoms with Crippen molar-refractivity contribution in [3.8, 4) is 0 Å². The number of rotatable bonds is 6. The molecule has 0 aliphatic heterocycles. The molecule has 0 saturated heterocycles. The predicted molar refractivity (Wildman–Crippen MR) is 94.7 cm³/mol. The highest BCUT2D eigenvalue weighted by Gasteiger charge is 2.33. The summed E-state index contributed by atoms with van der Waals surface area (Å²) in [6.45, 7) is 7.92. The van der Waals surface area contributed by atoms with Gasteiger partial charge in [-0.3, -0.25) is 4.90 Å². The molecule has 2 nitrogen and oxygen atoms in total. The Kier molecular flexibility index (Phi) is 10.4. The van der Waals surface area contributed by atoms with Crippen molar-refractivity contribution < 1.29 is 0 Å². The van der Waals surface area contributed by atoms with Crippen molar-refractivity contribution in [1.82, 2.24) is 4.90 Å². The summed E-state index contributed by atoms with van der Waals surface area (Å²) in [5.74, 6) is 0. The van der Waals surface area contributed by atoms with E-state index in [1.807, 2.05) is 0 Å². The molecule has 0 aromatic carbocycles. The molecule has 0 atom stereocenters. The Hall–Kier alpha value is -0.0800. The van der Waals surface area contributed by atoms with Crippen molar-refractivity contribution in [2.45, 2.75) is 103 Å². The summed E-state index contributed by atoms with van der Waals surface area (Å²) in [7, 11) is 0. The zero-order chi connectivity index (χ0) is 15.4. The lowest BCUT2D eigenvalue weighted by Gasteiger charge is -2.44. The molecule has 0 spiro atoms. The van der Waals surface area contributed by atoms with E-state index in [4.69, 9.17) is 5.73 Å². The van der Waals surface area contributed by atoms with Crippen molar-refractivity contribution in [3.05, 3.63) is 0 Å². The molecule has 0 aromatic rings. The minimum atomic E-state index is 0.297. The lowest BCUT2D eigenvalue weighted by atomic mass is 9.83. The largest absolute Gasteiger partial charge is 0.329 e. The van der Waals surface area contributed by atoms with E-state index in [0.717, 1.165) is 6.54 Å². The molecule has 21 heavy (non-hydrogen) atoms. The number of hydrogen-bond acceptors (Lipinski definition) is 2. The highest BCUT2D eigenvalue weighted by atomic mass is 15.2. The summed E-state index contributed by atoms with van der Waals surface area (Å²) >= 11 is 0. The first-order chi connectivity index (χ1) is 10.3. The van der Waals surface area contributed by atoms with Crippen LogP contribution in [0, 0.1) is 0 Å². The Morgan fingerprint density at radius 2 is 1.10 bits per heavy atom. The fraction of sp³-hybridized carbons (Fsp3) is 1.00. The van der Waals surface area contributed by atoms with Gasteiger partial charge in [-0.15, -0.1) is 0 Å². The summed E-state index contributed by atoms with van der Waals surface area (Å²) < 4.78 is 0. The van der Waals surface area contributed by atoms with Crippen molar-refractivity contribution in [2.24, 2.45) is 5.73 Å². The SMILES string of the molecule is CCCN(CCC)C1(CN)CCCCCCCCCCC1. The first-order valence-corrected chi connectivity index (χ1v) is 9.74. The number of nitrogens with two attached hydrogens (primary N) is 1. The van der Waals surface area contributed by atoms with Gasteiger partial charge in [-0.05, 0) is 38.8 Å². The van der Waals surface area contributed by atoms with Crippen LogP contribution in [0.2, 0.25) is 0 Å². The maximum atomic E-state index is 6.34. The topological polar surface area (TPSA) is 29.3 Å². The molecule has 1 saturated carbocycles. The highest BCUT2D eigenvalue weighted by Crippen LogP contribution is 2.30. The van der Waals surface area contributed by atoms with Crippen LogP contribution in [-0.2, 0) is 0 Å². The molecule has 0 aromatic heterocycles. The second kappa shape index (κ2) is 11.5. The van der Waals surface area contributed by atoms with Crippen LogP contribution >= 0.6 is 0 Å². The van der Waals surface area contributed by atoms with E-state index in [1.165, 1.54) is 96.6 Å². The molecule has 0 unspecified atom stereocenters. The van der Waals surface area contributed by atoms with Gasteiger partial charge in [-0.1, -0.05) is 71.6 Å². The molecule has 0 radical (unpaired) electrons. The molecule has 126 valence electrons. The van der Waals surface area contributed by atoms with Crippen LogP contribution in [0.3, 0.4) is 0 Å². The molecule has 1 aliphatic rings. The minimum absolute atomic E-state index is 0.297. The average Bonchev–Trinajstić information content (AvgIpc) is 2.48. The lowest BCUT2D eigenvalue weighted by molar-refractivity contribution is 0.0698. The molecule has 0 bridgehead atoms. The van der Waals surface area contributed by atoms with Crippen LogP contribution in [-0.4, -0.2) is 30.1 Å². The van der Waals surface area contributed by atoms with E-state index >= 15 is 0 Å². The van der Waals surface area contributed by atoms with Gasteiger partial charge in [-0.2, -0.15) is 0 Å². The van der Waals surface area contributed by atoms with Crippen molar-refractivity contribution in [1.29, 1.82) is 0 Å². The first kappa shape index (κ1) is 19.0. The highest BCUT2D eigenvalue weighted by molar-refractivity contribution is 4.91. The van der Waals surface area contributed by atoms with Crippen LogP contribution in [0.4, 0.5) is 0 Å². The van der Waals surface area contributed by atoms with E-state index in [-0.39, 0.29) is 0 Å². The molecule has 2 heteroatoms. The van der Waals surface area contributed by atoms with E-state index < -0.39 is 0 Å². The van der Waals surface area contributed by atoms with E-state index in [9.17, 15) is 0 Å². The monoisotopic (exact) mass is 296 g/mol. The Balaban J connectivity index is 2.72. The summed E-state index contributed by atoms with van der Waals surface area (Å²) in [5, 5.41) is 0. The van der Waals surface area contributed by atoms with Gasteiger partial charge < -0.3 is 5.73 Å². The van der Waals surface area contributed by atoms with Gasteiger partial charge >= 0.3 is 0 Å². The van der Waals surface area contributed by atoms with E-state index in [1.54, 1.807) is 0 Å². The second-order valence-electron chi connectivity index (χ2n) is 7.10. The Bertz CT molecular complexity index is 222. The summed E-state index contributed by atoms with van der Waals surface area (Å²) in [5.41, 5.74) is 6.64. The average molecular weight is 297 g/mol. The van der Waals surface area contributed by atoms with Gasteiger partial charge in [0.15, 0.2) is 0 Å². The summed E-state index contributed by atoms with van der Waals surface area (Å²) in [6.07, 6.45) is 17.9. The Morgan fingerprint density at radius 3 is 1.43 bits per heavy atom. The Morgan fingerprint density at radius 1 is 0.714 bits per heavy atom. The number of nitrogens with zero attached hydrogens (tertiary/aromatic N) is 1. The second-order valence-corrected chi connectivity index (χ2v) is 7.10. The normalized spacial score (nSPS) is 21.7. The summed E-state index contributed by atoms with van der Waals surface area (Å²) in [4.78, 5) is 2.75. The minimum Gasteiger partial charge on any atom is -0.329 e. The third-order valence-electron chi connectivity index (χ3n) is 5.32. The molecular weight excluding hydrogens is 256 g/mol. The first-order valence-electron chi connectivity index (χ1n) is 9.74. The van der Waals surface area contributed by atoms with Crippen molar-refractivity contribution >= 4 is 0 Å². The molecule has 2 N–H and O–H groups in total. The van der Waals surface area contributed by atoms with E-state index in [0.29, 0.717) is 5.54 Å². The number of hydrogen-bond donors (Lipinski definition) is 1. The molecule has 0 heterocycles. The fourth-order valence-corrected chi connectivity index (χ4v) is 4.05. The molecule has 1 aliphatic carbocycles. The van der Waals surface area contributed by atoms with Crippen LogP contribution in [0.25, 0.3) is 0 Å². The predicted octanol–water partition coefficient (Wildman–Crippen LogP) is 5.11. The molecule has 1 fully saturated rings. The lowest BCUT2D eigenvalue weighted by Crippen LogP contribution is -2.54. The maximum absolute atomic E-state index is 6.34. The maximum Gasteiger partial charge on any atom is 0.0331 e. The van der Waals surface area contributed by atoms with Gasteiger partial charge in [0, 0.05) is 12.1 Å². The van der Waals surface area contributed by atoms with Gasteiger partial charge in [0.25, 0.3) is 0 Å². The van der Waals surface area contributed by atoms with Gasteiger partial charge in [0.05, 0.1) is 0 Å². The smallest absolute Gasteiger partial charge is 0.0331 e. The van der Waals surface area contributed by atoms with Crippen LogP contribution < -0.4 is 5.73 Å². The quantitative estimate of drug-likeness (QED) is 0.738. The van der Waals surface area contributed by atoms with Crippen LogP contribution in [0.5, 0.6) is 0 Å². The Labute approximate surface area is 133 Å². The van der Waals surface area contributed by atoms with Gasteiger partial charge in [-0.25, -0.2) is 0 Å². The molecular formula is C19H40N2.